The predicted octanol–water partition coefficient (Wildman–Crippen LogP) is 4.26. The van der Waals surface area contributed by atoms with Crippen molar-refractivity contribution in [1.82, 2.24) is 14.8 Å². The lowest BCUT2D eigenvalue weighted by atomic mass is 9.84. The summed E-state index contributed by atoms with van der Waals surface area (Å²) in [7, 11) is 1.64. The van der Waals surface area contributed by atoms with Crippen LogP contribution < -0.4 is 5.32 Å². The van der Waals surface area contributed by atoms with Crippen molar-refractivity contribution in [2.75, 3.05) is 20.3 Å². The van der Waals surface area contributed by atoms with Crippen LogP contribution in [0.4, 0.5) is 4.79 Å². The number of methoxy groups -OCH3 is 1. The summed E-state index contributed by atoms with van der Waals surface area (Å²) in [6, 6.07) is 9.01. The zero-order valence-electron chi connectivity index (χ0n) is 20.9. The van der Waals surface area contributed by atoms with Gasteiger partial charge < -0.3 is 14.6 Å². The van der Waals surface area contributed by atoms with E-state index < -0.39 is 17.5 Å². The van der Waals surface area contributed by atoms with Crippen LogP contribution in [0, 0.1) is 13.8 Å². The lowest BCUT2D eigenvalue weighted by Gasteiger charge is -2.24. The van der Waals surface area contributed by atoms with Gasteiger partial charge in [0.2, 0.25) is 0 Å². The zero-order chi connectivity index (χ0) is 24.7. The Morgan fingerprint density at radius 3 is 2.30 bits per heavy atom. The lowest BCUT2D eigenvalue weighted by molar-refractivity contribution is -0.130. The molecule has 0 radical (unpaired) electrons. The van der Waals surface area contributed by atoms with Gasteiger partial charge in [0.25, 0.3) is 5.91 Å². The van der Waals surface area contributed by atoms with Crippen LogP contribution in [0.25, 0.3) is 0 Å². The largest absolute Gasteiger partial charge is 0.383 e. The first-order valence-electron chi connectivity index (χ1n) is 11.3. The first kappa shape index (κ1) is 24.7. The molecule has 7 heteroatoms. The minimum absolute atomic E-state index is 0.0199. The third kappa shape index (κ3) is 4.47. The Morgan fingerprint density at radius 1 is 1.15 bits per heavy atom. The Labute approximate surface area is 196 Å². The number of ketones is 1. The van der Waals surface area contributed by atoms with Crippen molar-refractivity contribution < 1.29 is 19.1 Å². The molecule has 1 aromatic carbocycles. The van der Waals surface area contributed by atoms with Crippen LogP contribution in [0.2, 0.25) is 0 Å². The van der Waals surface area contributed by atoms with E-state index in [0.29, 0.717) is 17.7 Å². The summed E-state index contributed by atoms with van der Waals surface area (Å²) in [5, 5.41) is 2.79. The van der Waals surface area contributed by atoms with E-state index in [-0.39, 0.29) is 23.8 Å². The van der Waals surface area contributed by atoms with Crippen molar-refractivity contribution >= 4 is 17.7 Å². The third-order valence-electron chi connectivity index (χ3n) is 6.54. The lowest BCUT2D eigenvalue weighted by Crippen LogP contribution is -2.41. The summed E-state index contributed by atoms with van der Waals surface area (Å²) in [5.41, 5.74) is 2.84. The second-order valence-electron chi connectivity index (χ2n) is 10.2. The van der Waals surface area contributed by atoms with Crippen LogP contribution in [0.15, 0.2) is 30.3 Å². The van der Waals surface area contributed by atoms with Gasteiger partial charge in [-0.25, -0.2) is 4.79 Å². The average molecular weight is 454 g/mol. The summed E-state index contributed by atoms with van der Waals surface area (Å²) in [4.78, 5) is 40.2. The van der Waals surface area contributed by atoms with E-state index in [0.717, 1.165) is 21.9 Å². The number of imide groups is 1. The molecule has 1 fully saturated rings. The number of amides is 3. The minimum Gasteiger partial charge on any atom is -0.383 e. The first-order valence-corrected chi connectivity index (χ1v) is 11.3. The van der Waals surface area contributed by atoms with Crippen LogP contribution in [0.3, 0.4) is 0 Å². The fraction of sp³-hybridized carbons (Fsp3) is 0.500. The normalized spacial score (nSPS) is 19.7. The SMILES string of the molecule is COCC(C)n1c(C)cc(C(=O)CN2C(=O)NC(C)(c3ccc(C(C)(C)C)cc3)C2=O)c1C. The average Bonchev–Trinajstić information content (AvgIpc) is 3.15. The second kappa shape index (κ2) is 8.78. The Bertz CT molecular complexity index is 1080. The molecule has 1 aliphatic heterocycles. The maximum Gasteiger partial charge on any atom is 0.325 e. The van der Waals surface area contributed by atoms with Crippen molar-refractivity contribution in [2.45, 2.75) is 65.5 Å². The highest BCUT2D eigenvalue weighted by Crippen LogP contribution is 2.31. The smallest absolute Gasteiger partial charge is 0.325 e. The molecule has 178 valence electrons. The highest BCUT2D eigenvalue weighted by molar-refractivity contribution is 6.11. The quantitative estimate of drug-likeness (QED) is 0.502. The van der Waals surface area contributed by atoms with E-state index in [4.69, 9.17) is 4.74 Å². The van der Waals surface area contributed by atoms with Crippen molar-refractivity contribution in [3.63, 3.8) is 0 Å². The number of rotatable bonds is 7. The fourth-order valence-electron chi connectivity index (χ4n) is 4.62. The number of nitrogens with zero attached hydrogens (tertiary/aromatic N) is 2. The Balaban J connectivity index is 1.83. The van der Waals surface area contributed by atoms with Crippen LogP contribution >= 0.6 is 0 Å². The van der Waals surface area contributed by atoms with Gasteiger partial charge in [0.15, 0.2) is 5.78 Å². The highest BCUT2D eigenvalue weighted by Gasteiger charge is 2.49. The number of carbonyl (C=O) groups excluding carboxylic acids is 3. The molecule has 0 bridgehead atoms. The Kier molecular flexibility index (Phi) is 6.58. The second-order valence-corrected chi connectivity index (χ2v) is 10.2. The maximum atomic E-state index is 13.3. The molecular weight excluding hydrogens is 418 g/mol. The molecule has 0 saturated carbocycles. The van der Waals surface area contributed by atoms with E-state index in [9.17, 15) is 14.4 Å². The number of ether oxygens (including phenoxy) is 1. The van der Waals surface area contributed by atoms with Crippen molar-refractivity contribution in [3.8, 4) is 0 Å². The van der Waals surface area contributed by atoms with E-state index in [1.54, 1.807) is 14.0 Å². The molecule has 0 aliphatic carbocycles. The minimum atomic E-state index is -1.21. The van der Waals surface area contributed by atoms with Gasteiger partial charge in [-0.1, -0.05) is 45.0 Å². The molecule has 3 amide bonds. The Morgan fingerprint density at radius 2 is 1.76 bits per heavy atom. The van der Waals surface area contributed by atoms with Gasteiger partial charge in [0, 0.05) is 24.1 Å². The number of aryl methyl sites for hydroxylation is 1. The maximum absolute atomic E-state index is 13.3. The van der Waals surface area contributed by atoms with E-state index >= 15 is 0 Å². The molecule has 3 rings (SSSR count). The van der Waals surface area contributed by atoms with Gasteiger partial charge in [-0.05, 0) is 50.3 Å². The van der Waals surface area contributed by atoms with Crippen LogP contribution in [-0.2, 0) is 20.5 Å². The third-order valence-corrected chi connectivity index (χ3v) is 6.54. The molecule has 7 nitrogen and oxygen atoms in total. The molecular formula is C26H35N3O4. The van der Waals surface area contributed by atoms with Gasteiger partial charge >= 0.3 is 6.03 Å². The first-order chi connectivity index (χ1) is 15.3. The van der Waals surface area contributed by atoms with Crippen molar-refractivity contribution in [2.24, 2.45) is 0 Å². The molecule has 1 N–H and O–H groups in total. The fourth-order valence-corrected chi connectivity index (χ4v) is 4.62. The predicted molar refractivity (Wildman–Crippen MR) is 128 cm³/mol. The topological polar surface area (TPSA) is 80.6 Å². The summed E-state index contributed by atoms with van der Waals surface area (Å²) in [5.74, 6) is -0.694. The number of hydrogen-bond donors (Lipinski definition) is 1. The number of hydrogen-bond acceptors (Lipinski definition) is 4. The summed E-state index contributed by atoms with van der Waals surface area (Å²) in [6.45, 7) is 14.1. The van der Waals surface area contributed by atoms with Crippen molar-refractivity contribution in [1.29, 1.82) is 0 Å². The monoisotopic (exact) mass is 453 g/mol. The Hall–Kier alpha value is -2.93. The summed E-state index contributed by atoms with van der Waals surface area (Å²) < 4.78 is 7.30. The number of Topliss-reactive ketones (excluding diaryl/α,β-unsaturated/α-hetero) is 1. The number of carbonyl (C=O) groups is 3. The van der Waals surface area contributed by atoms with Crippen LogP contribution in [0.5, 0.6) is 0 Å². The molecule has 1 saturated heterocycles. The van der Waals surface area contributed by atoms with Gasteiger partial charge in [-0.2, -0.15) is 0 Å². The van der Waals surface area contributed by atoms with Crippen molar-refractivity contribution in [3.05, 3.63) is 58.4 Å². The molecule has 1 aliphatic rings. The summed E-state index contributed by atoms with van der Waals surface area (Å²) >= 11 is 0. The number of urea groups is 1. The highest BCUT2D eigenvalue weighted by atomic mass is 16.5. The molecule has 2 atom stereocenters. The summed E-state index contributed by atoms with van der Waals surface area (Å²) in [6.07, 6.45) is 0. The number of benzene rings is 1. The van der Waals surface area contributed by atoms with Crippen LogP contribution in [-0.4, -0.2) is 47.4 Å². The molecule has 0 spiro atoms. The van der Waals surface area contributed by atoms with E-state index in [1.807, 2.05) is 55.7 Å². The number of aromatic nitrogens is 1. The van der Waals surface area contributed by atoms with Gasteiger partial charge in [0.05, 0.1) is 19.2 Å². The molecule has 2 aromatic rings. The standard InChI is InChI=1S/C26H35N3O4/c1-16-13-21(18(3)29(16)17(2)15-33-8)22(30)14-28-23(31)26(7,27-24(28)32)20-11-9-19(10-12-20)25(4,5)6/h9-13,17H,14-15H2,1-8H3,(H,27,32). The zero-order valence-corrected chi connectivity index (χ0v) is 20.9. The number of nitrogens with one attached hydrogen (secondary N) is 1. The van der Waals surface area contributed by atoms with Gasteiger partial charge in [0.1, 0.15) is 5.54 Å². The molecule has 1 aromatic heterocycles. The molecule has 33 heavy (non-hydrogen) atoms. The van der Waals surface area contributed by atoms with Gasteiger partial charge in [-0.15, -0.1) is 0 Å². The van der Waals surface area contributed by atoms with E-state index in [2.05, 4.69) is 26.1 Å². The molecule has 2 heterocycles. The van der Waals surface area contributed by atoms with Crippen LogP contribution in [0.1, 0.15) is 73.5 Å². The van der Waals surface area contributed by atoms with Gasteiger partial charge in [-0.3, -0.25) is 14.5 Å². The van der Waals surface area contributed by atoms with E-state index in [1.165, 1.54) is 0 Å². The molecule has 2 unspecified atom stereocenters.